The van der Waals surface area contributed by atoms with Gasteiger partial charge in [-0.2, -0.15) is 0 Å². The molecular weight excluding hydrogens is 340 g/mol. The summed E-state index contributed by atoms with van der Waals surface area (Å²) in [4.78, 5) is 0. The Morgan fingerprint density at radius 3 is 0.840 bits per heavy atom. The summed E-state index contributed by atoms with van der Waals surface area (Å²) in [6.45, 7) is 4.60. The van der Waals surface area contributed by atoms with Crippen molar-refractivity contribution in [3.05, 3.63) is 0 Å². The predicted molar refractivity (Wildman–Crippen MR) is 124 cm³/mol. The molecule has 0 aromatic heterocycles. The molecule has 0 spiro atoms. The van der Waals surface area contributed by atoms with Crippen LogP contribution in [0.4, 0.5) is 0 Å². The Balaban J connectivity index is 2.94. The first kappa shape index (κ1) is 25.7. The summed E-state index contributed by atoms with van der Waals surface area (Å²) >= 11 is 0. The molecule has 0 aliphatic rings. The lowest BCUT2D eigenvalue weighted by molar-refractivity contribution is 0.548. The van der Waals surface area contributed by atoms with Gasteiger partial charge in [0.05, 0.1) is 0 Å². The predicted octanol–water partition coefficient (Wildman–Crippen LogP) is 9.82. The third-order valence-electron chi connectivity index (χ3n) is 5.00. The standard InChI is InChI=1S/C23H48S2/c1-3-5-7-9-11-12-13-14-15-17-19-21-23-25-24-22-20-18-16-10-8-6-4-2/h3-23H2,1-2H3. The summed E-state index contributed by atoms with van der Waals surface area (Å²) in [5, 5.41) is 0. The van der Waals surface area contributed by atoms with Crippen molar-refractivity contribution < 1.29 is 0 Å². The summed E-state index contributed by atoms with van der Waals surface area (Å²) < 4.78 is 0. The van der Waals surface area contributed by atoms with Gasteiger partial charge in [-0.3, -0.25) is 0 Å². The van der Waals surface area contributed by atoms with E-state index in [4.69, 9.17) is 0 Å². The maximum Gasteiger partial charge on any atom is 0.00369 e. The van der Waals surface area contributed by atoms with Gasteiger partial charge in [0.15, 0.2) is 0 Å². The highest BCUT2D eigenvalue weighted by molar-refractivity contribution is 8.76. The van der Waals surface area contributed by atoms with E-state index in [1.54, 1.807) is 0 Å². The summed E-state index contributed by atoms with van der Waals surface area (Å²) in [5.41, 5.74) is 0. The van der Waals surface area contributed by atoms with Gasteiger partial charge in [0, 0.05) is 11.5 Å². The van der Waals surface area contributed by atoms with Crippen molar-refractivity contribution in [2.75, 3.05) is 11.5 Å². The molecule has 0 nitrogen and oxygen atoms in total. The van der Waals surface area contributed by atoms with Gasteiger partial charge < -0.3 is 0 Å². The maximum atomic E-state index is 2.30. The summed E-state index contributed by atoms with van der Waals surface area (Å²) in [6.07, 6.45) is 27.6. The molecule has 0 rings (SSSR count). The van der Waals surface area contributed by atoms with Crippen LogP contribution in [0.3, 0.4) is 0 Å². The van der Waals surface area contributed by atoms with Gasteiger partial charge in [-0.15, -0.1) is 0 Å². The minimum Gasteiger partial charge on any atom is -0.0942 e. The highest BCUT2D eigenvalue weighted by atomic mass is 33.1. The van der Waals surface area contributed by atoms with Crippen molar-refractivity contribution in [3.63, 3.8) is 0 Å². The van der Waals surface area contributed by atoms with Crippen LogP contribution < -0.4 is 0 Å². The Kier molecular flexibility index (Phi) is 25.4. The molecule has 0 aromatic rings. The zero-order valence-corrected chi connectivity index (χ0v) is 19.3. The zero-order chi connectivity index (χ0) is 18.3. The fraction of sp³-hybridized carbons (Fsp3) is 1.00. The molecule has 0 saturated heterocycles. The van der Waals surface area contributed by atoms with Crippen molar-refractivity contribution in [3.8, 4) is 0 Å². The molecule has 0 atom stereocenters. The Morgan fingerprint density at radius 1 is 0.320 bits per heavy atom. The topological polar surface area (TPSA) is 0 Å². The van der Waals surface area contributed by atoms with Gasteiger partial charge in [-0.05, 0) is 12.8 Å². The Hall–Kier alpha value is 0.700. The number of hydrogen-bond donors (Lipinski definition) is 0. The van der Waals surface area contributed by atoms with Crippen molar-refractivity contribution in [1.29, 1.82) is 0 Å². The van der Waals surface area contributed by atoms with E-state index >= 15 is 0 Å². The summed E-state index contributed by atoms with van der Waals surface area (Å²) in [5.74, 6) is 2.75. The first-order chi connectivity index (χ1) is 12.4. The molecule has 0 heterocycles. The van der Waals surface area contributed by atoms with E-state index in [-0.39, 0.29) is 0 Å². The van der Waals surface area contributed by atoms with Crippen LogP contribution in [0.1, 0.15) is 136 Å². The van der Waals surface area contributed by atoms with E-state index in [0.717, 1.165) is 0 Å². The van der Waals surface area contributed by atoms with Crippen LogP contribution in [-0.4, -0.2) is 11.5 Å². The summed E-state index contributed by atoms with van der Waals surface area (Å²) in [6, 6.07) is 0. The average Bonchev–Trinajstić information content (AvgIpc) is 2.63. The lowest BCUT2D eigenvalue weighted by Crippen LogP contribution is -1.84. The molecule has 0 aliphatic carbocycles. The minimum atomic E-state index is 1.37. The quantitative estimate of drug-likeness (QED) is 0.134. The van der Waals surface area contributed by atoms with Gasteiger partial charge in [-0.1, -0.05) is 145 Å². The van der Waals surface area contributed by atoms with Crippen LogP contribution in [-0.2, 0) is 0 Å². The Labute approximate surface area is 168 Å². The molecule has 0 bridgehead atoms. The first-order valence-corrected chi connectivity index (χ1v) is 14.1. The number of hydrogen-bond acceptors (Lipinski definition) is 2. The summed E-state index contributed by atoms with van der Waals surface area (Å²) in [7, 11) is 4.24. The molecule has 0 N–H and O–H groups in total. The van der Waals surface area contributed by atoms with E-state index in [1.807, 2.05) is 0 Å². The molecular formula is C23H48S2. The average molecular weight is 389 g/mol. The molecule has 2 heteroatoms. The highest BCUT2D eigenvalue weighted by Crippen LogP contribution is 2.24. The Bertz CT molecular complexity index is 196. The van der Waals surface area contributed by atoms with E-state index in [9.17, 15) is 0 Å². The smallest absolute Gasteiger partial charge is 0.00369 e. The van der Waals surface area contributed by atoms with Crippen LogP contribution >= 0.6 is 21.6 Å². The number of unbranched alkanes of at least 4 members (excludes halogenated alkanes) is 17. The second-order valence-corrected chi connectivity index (χ2v) is 10.4. The SMILES string of the molecule is CCCCCCCCCCCCCCSSCCCCCCCCC. The largest absolute Gasteiger partial charge is 0.0942 e. The molecule has 0 radical (unpaired) electrons. The third kappa shape index (κ3) is 24.7. The minimum absolute atomic E-state index is 1.37. The van der Waals surface area contributed by atoms with Gasteiger partial charge in [0.2, 0.25) is 0 Å². The van der Waals surface area contributed by atoms with Crippen LogP contribution in [0.5, 0.6) is 0 Å². The second-order valence-electron chi connectivity index (χ2n) is 7.65. The maximum absolute atomic E-state index is 2.30. The highest BCUT2D eigenvalue weighted by Gasteiger charge is 1.95. The molecule has 0 unspecified atom stereocenters. The van der Waals surface area contributed by atoms with Crippen LogP contribution in [0.25, 0.3) is 0 Å². The van der Waals surface area contributed by atoms with Crippen molar-refractivity contribution >= 4 is 21.6 Å². The van der Waals surface area contributed by atoms with Gasteiger partial charge in [0.25, 0.3) is 0 Å². The fourth-order valence-corrected chi connectivity index (χ4v) is 5.53. The van der Waals surface area contributed by atoms with Crippen molar-refractivity contribution in [1.82, 2.24) is 0 Å². The molecule has 25 heavy (non-hydrogen) atoms. The number of rotatable bonds is 22. The molecule has 0 amide bonds. The van der Waals surface area contributed by atoms with E-state index in [2.05, 4.69) is 35.4 Å². The van der Waals surface area contributed by atoms with Crippen LogP contribution in [0.2, 0.25) is 0 Å². The normalized spacial score (nSPS) is 11.3. The molecule has 0 aliphatic heterocycles. The Morgan fingerprint density at radius 2 is 0.560 bits per heavy atom. The van der Waals surface area contributed by atoms with Crippen LogP contribution in [0, 0.1) is 0 Å². The molecule has 0 fully saturated rings. The third-order valence-corrected chi connectivity index (χ3v) is 7.57. The zero-order valence-electron chi connectivity index (χ0n) is 17.7. The van der Waals surface area contributed by atoms with Gasteiger partial charge in [0.1, 0.15) is 0 Å². The van der Waals surface area contributed by atoms with E-state index in [1.165, 1.54) is 134 Å². The first-order valence-electron chi connectivity index (χ1n) is 11.7. The van der Waals surface area contributed by atoms with Crippen molar-refractivity contribution in [2.24, 2.45) is 0 Å². The van der Waals surface area contributed by atoms with E-state index in [0.29, 0.717) is 0 Å². The van der Waals surface area contributed by atoms with Crippen LogP contribution in [0.15, 0.2) is 0 Å². The van der Waals surface area contributed by atoms with Gasteiger partial charge in [-0.25, -0.2) is 0 Å². The molecule has 0 aromatic carbocycles. The van der Waals surface area contributed by atoms with E-state index < -0.39 is 0 Å². The molecule has 0 saturated carbocycles. The fourth-order valence-electron chi connectivity index (χ4n) is 3.24. The molecule has 152 valence electrons. The second kappa shape index (κ2) is 24.7. The van der Waals surface area contributed by atoms with Crippen molar-refractivity contribution in [2.45, 2.75) is 136 Å². The lowest BCUT2D eigenvalue weighted by Gasteiger charge is -2.03. The van der Waals surface area contributed by atoms with Gasteiger partial charge >= 0.3 is 0 Å². The monoisotopic (exact) mass is 388 g/mol. The lowest BCUT2D eigenvalue weighted by atomic mass is 10.1.